The molecule has 3 nitrogen and oxygen atoms in total. The van der Waals surface area contributed by atoms with E-state index in [4.69, 9.17) is 9.97 Å². The van der Waals surface area contributed by atoms with Gasteiger partial charge in [-0.25, -0.2) is 4.98 Å². The Hall–Kier alpha value is -3.90. The van der Waals surface area contributed by atoms with Crippen LogP contribution in [0.5, 0.6) is 0 Å². The minimum atomic E-state index is -5.21. The van der Waals surface area contributed by atoms with E-state index in [0.717, 1.165) is 28.1 Å². The molecule has 246 valence electrons. The molecule has 2 heterocycles. The second kappa shape index (κ2) is 13.3. The molecule has 9 heteroatoms. The number of rotatable bonds is 7. The summed E-state index contributed by atoms with van der Waals surface area (Å²) in [6.07, 6.45) is -5.21. The smallest absolute Gasteiger partial charge is 0.319 e. The monoisotopic (exact) mass is 822 g/mol. The molecule has 0 radical (unpaired) electrons. The van der Waals surface area contributed by atoms with E-state index < -0.39 is 39.8 Å². The molecule has 0 unspecified atom stereocenters. The molecular weight excluding hydrogens is 789 g/mol. The normalized spacial score (nSPS) is 12.1. The van der Waals surface area contributed by atoms with Gasteiger partial charge in [-0.05, 0) is 70.0 Å². The summed E-state index contributed by atoms with van der Waals surface area (Å²) in [5.74, 6) is -2.74. The summed E-state index contributed by atoms with van der Waals surface area (Å²) in [5, 5.41) is 0. The Kier molecular flexibility index (Phi) is 10.2. The molecule has 0 atom stereocenters. The van der Waals surface area contributed by atoms with Crippen LogP contribution in [0.3, 0.4) is 0 Å². The van der Waals surface area contributed by atoms with Gasteiger partial charge in [0.2, 0.25) is 0 Å². The molecule has 2 aromatic heterocycles. The Balaban J connectivity index is 0.00000500. The first-order valence-electron chi connectivity index (χ1n) is 14.8. The van der Waals surface area contributed by atoms with Gasteiger partial charge in [0.25, 0.3) is 0 Å². The number of anilines is 3. The van der Waals surface area contributed by atoms with Crippen molar-refractivity contribution in [2.75, 3.05) is 4.90 Å². The van der Waals surface area contributed by atoms with Crippen molar-refractivity contribution in [1.82, 2.24) is 9.97 Å². The molecule has 47 heavy (non-hydrogen) atoms. The number of nitrogens with zero attached hydrogens (tertiary/aromatic N) is 3. The fraction of sp³-hybridized carbons (Fsp3) is 0.263. The third-order valence-electron chi connectivity index (χ3n) is 8.36. The van der Waals surface area contributed by atoms with Gasteiger partial charge in [-0.15, -0.1) is 17.7 Å². The Labute approximate surface area is 287 Å². The number of alkyl halides is 3. The van der Waals surface area contributed by atoms with Crippen LogP contribution in [0, 0.1) is 44.5 Å². The number of aryl methyl sites for hydroxylation is 3. The molecule has 0 amide bonds. The van der Waals surface area contributed by atoms with E-state index in [2.05, 4.69) is 49.9 Å². The zero-order valence-electron chi connectivity index (χ0n) is 27.1. The van der Waals surface area contributed by atoms with Crippen molar-refractivity contribution < 1.29 is 43.0 Å². The zero-order valence-corrected chi connectivity index (χ0v) is 29.3. The number of aromatic nitrogens is 2. The Morgan fingerprint density at radius 3 is 1.85 bits per heavy atom. The Morgan fingerprint density at radius 2 is 1.28 bits per heavy atom. The van der Waals surface area contributed by atoms with Crippen molar-refractivity contribution in [1.29, 1.82) is 0 Å². The van der Waals surface area contributed by atoms with Gasteiger partial charge in [-0.2, -0.15) is 43.5 Å². The second-order valence-corrected chi connectivity index (χ2v) is 12.6. The van der Waals surface area contributed by atoms with E-state index in [1.807, 2.05) is 56.3 Å². The molecule has 0 saturated heterocycles. The number of para-hydroxylation sites is 1. The molecule has 0 bridgehead atoms. The van der Waals surface area contributed by atoms with Gasteiger partial charge in [0.15, 0.2) is 0 Å². The molecule has 0 aliphatic carbocycles. The maximum absolute atomic E-state index is 15.3. The minimum absolute atomic E-state index is 0. The van der Waals surface area contributed by atoms with E-state index in [-0.39, 0.29) is 21.1 Å². The van der Waals surface area contributed by atoms with Crippen molar-refractivity contribution in [3.05, 3.63) is 148 Å². The van der Waals surface area contributed by atoms with Gasteiger partial charge in [0.05, 0.1) is 17.1 Å². The zero-order chi connectivity index (χ0) is 33.6. The summed E-state index contributed by atoms with van der Waals surface area (Å²) in [6, 6.07) is 29.1. The predicted octanol–water partition coefficient (Wildman–Crippen LogP) is 10.4. The van der Waals surface area contributed by atoms with Crippen LogP contribution in [0.2, 0.25) is 0 Å². The average Bonchev–Trinajstić information content (AvgIpc) is 2.98. The first-order chi connectivity index (χ1) is 21.5. The SMILES string of the molecule is Cc1cc(C)c(N(c2[c-]cccc2)c2cccc(C(C)(C)c3cccc(C(C)(C)c4[c-]cc(F)c(C(F)(F)F)c4F)n3)n2)c(C)c1.[Pt+2]. The van der Waals surface area contributed by atoms with Gasteiger partial charge in [0.1, 0.15) is 5.82 Å². The Morgan fingerprint density at radius 1 is 0.702 bits per heavy atom. The summed E-state index contributed by atoms with van der Waals surface area (Å²) < 4.78 is 69.9. The van der Waals surface area contributed by atoms with E-state index in [1.54, 1.807) is 32.0 Å². The average molecular weight is 823 g/mol. The van der Waals surface area contributed by atoms with Gasteiger partial charge in [-0.1, -0.05) is 49.4 Å². The van der Waals surface area contributed by atoms with Crippen molar-refractivity contribution >= 4 is 17.2 Å². The molecule has 0 aliphatic rings. The fourth-order valence-electron chi connectivity index (χ4n) is 5.91. The first-order valence-corrected chi connectivity index (χ1v) is 14.8. The van der Waals surface area contributed by atoms with Crippen LogP contribution in [0.1, 0.15) is 72.6 Å². The summed E-state index contributed by atoms with van der Waals surface area (Å²) >= 11 is 0. The number of hydrogen-bond donors (Lipinski definition) is 0. The van der Waals surface area contributed by atoms with Crippen LogP contribution in [0.15, 0.2) is 78.9 Å². The predicted molar refractivity (Wildman–Crippen MR) is 171 cm³/mol. The maximum atomic E-state index is 15.3. The van der Waals surface area contributed by atoms with Crippen molar-refractivity contribution in [3.8, 4) is 0 Å². The third-order valence-corrected chi connectivity index (χ3v) is 8.36. The Bertz CT molecular complexity index is 1880. The first kappa shape index (κ1) is 35.9. The molecule has 5 aromatic rings. The molecule has 0 fully saturated rings. The molecule has 3 aromatic carbocycles. The summed E-state index contributed by atoms with van der Waals surface area (Å²) in [6.45, 7) is 13.2. The van der Waals surface area contributed by atoms with E-state index in [1.165, 1.54) is 0 Å². The van der Waals surface area contributed by atoms with Crippen molar-refractivity contribution in [3.63, 3.8) is 0 Å². The van der Waals surface area contributed by atoms with Gasteiger partial charge in [0, 0.05) is 33.7 Å². The second-order valence-electron chi connectivity index (χ2n) is 12.6. The maximum Gasteiger partial charge on any atom is 2.00 e. The molecule has 0 N–H and O–H groups in total. The summed E-state index contributed by atoms with van der Waals surface area (Å²) in [7, 11) is 0. The summed E-state index contributed by atoms with van der Waals surface area (Å²) in [5.41, 5.74) is 2.16. The molecule has 0 aliphatic heterocycles. The fourth-order valence-corrected chi connectivity index (χ4v) is 5.91. The van der Waals surface area contributed by atoms with Crippen LogP contribution in [0.4, 0.5) is 39.1 Å². The quantitative estimate of drug-likeness (QED) is 0.121. The van der Waals surface area contributed by atoms with Crippen LogP contribution < -0.4 is 4.90 Å². The van der Waals surface area contributed by atoms with Crippen LogP contribution in [0.25, 0.3) is 0 Å². The molecule has 5 rings (SSSR count). The van der Waals surface area contributed by atoms with E-state index in [0.29, 0.717) is 29.0 Å². The number of benzene rings is 3. The number of hydrogen-bond acceptors (Lipinski definition) is 3. The number of pyridine rings is 2. The van der Waals surface area contributed by atoms with E-state index in [9.17, 15) is 17.6 Å². The van der Waals surface area contributed by atoms with Crippen LogP contribution in [-0.4, -0.2) is 9.97 Å². The largest absolute Gasteiger partial charge is 2.00 e. The van der Waals surface area contributed by atoms with Gasteiger partial charge >= 0.3 is 27.2 Å². The molecular formula is C38H34F5N3Pt. The minimum Gasteiger partial charge on any atom is -0.319 e. The van der Waals surface area contributed by atoms with Crippen LogP contribution >= 0.6 is 0 Å². The van der Waals surface area contributed by atoms with Crippen molar-refractivity contribution in [2.45, 2.75) is 65.5 Å². The molecule has 0 spiro atoms. The van der Waals surface area contributed by atoms with E-state index >= 15 is 4.39 Å². The molecule has 0 saturated carbocycles. The topological polar surface area (TPSA) is 29.0 Å². The summed E-state index contributed by atoms with van der Waals surface area (Å²) in [4.78, 5) is 12.0. The van der Waals surface area contributed by atoms with Gasteiger partial charge in [-0.3, -0.25) is 13.8 Å². The van der Waals surface area contributed by atoms with Gasteiger partial charge < -0.3 is 4.90 Å². The van der Waals surface area contributed by atoms with Crippen molar-refractivity contribution in [2.24, 2.45) is 0 Å². The number of halogens is 5. The standard InChI is InChI=1S/C38H34F5N3.Pt/c1-23-21-24(2)35(25(3)22-23)46(26-13-9-8-10-14-26)32-18-12-17-31(45-32)37(6,7)30-16-11-15-29(44-30)36(4,5)27-19-20-28(39)33(34(27)40)38(41,42)43;/h8-13,15-18,20-22H,1-7H3;/q-2;+2. The third kappa shape index (κ3) is 6.89. The van der Waals surface area contributed by atoms with Crippen LogP contribution in [-0.2, 0) is 38.1 Å².